The Balaban J connectivity index is 1.40. The van der Waals surface area contributed by atoms with Crippen molar-refractivity contribution in [1.82, 2.24) is 9.47 Å². The number of hydrogen-bond donors (Lipinski definition) is 0. The van der Waals surface area contributed by atoms with E-state index >= 15 is 0 Å². The fourth-order valence-electron chi connectivity index (χ4n) is 4.23. The molecule has 0 N–H and O–H groups in total. The van der Waals surface area contributed by atoms with Crippen LogP contribution in [0.15, 0.2) is 85.2 Å². The Labute approximate surface area is 167 Å². The lowest BCUT2D eigenvalue weighted by Gasteiger charge is -2.35. The van der Waals surface area contributed by atoms with Crippen molar-refractivity contribution in [3.8, 4) is 0 Å². The van der Waals surface area contributed by atoms with Crippen molar-refractivity contribution in [2.45, 2.75) is 31.7 Å². The number of benzene rings is 2. The number of carbonyl (C=O) groups is 1. The first-order valence-electron chi connectivity index (χ1n) is 10.3. The molecular formula is C25H28N2O. The predicted octanol–water partition coefficient (Wildman–Crippen LogP) is 4.75. The second kappa shape index (κ2) is 8.92. The van der Waals surface area contributed by atoms with Crippen molar-refractivity contribution in [3.05, 3.63) is 96.3 Å². The van der Waals surface area contributed by atoms with E-state index in [2.05, 4.69) is 51.9 Å². The van der Waals surface area contributed by atoms with Crippen molar-refractivity contribution >= 4 is 5.91 Å². The van der Waals surface area contributed by atoms with E-state index in [9.17, 15) is 4.79 Å². The topological polar surface area (TPSA) is 25.2 Å². The van der Waals surface area contributed by atoms with Crippen molar-refractivity contribution in [2.75, 3.05) is 13.1 Å². The van der Waals surface area contributed by atoms with Crippen LogP contribution in [0.5, 0.6) is 0 Å². The third kappa shape index (κ3) is 4.53. The van der Waals surface area contributed by atoms with Crippen LogP contribution >= 0.6 is 0 Å². The summed E-state index contributed by atoms with van der Waals surface area (Å²) in [6.45, 7) is 1.73. The van der Waals surface area contributed by atoms with Crippen LogP contribution in [-0.2, 0) is 17.6 Å². The van der Waals surface area contributed by atoms with Gasteiger partial charge in [0, 0.05) is 31.9 Å². The van der Waals surface area contributed by atoms with Crippen molar-refractivity contribution in [1.29, 1.82) is 0 Å². The second-order valence-electron chi connectivity index (χ2n) is 7.79. The molecule has 1 unspecified atom stereocenters. The Morgan fingerprint density at radius 2 is 1.39 bits per heavy atom. The molecule has 4 rings (SSSR count). The highest BCUT2D eigenvalue weighted by molar-refractivity contribution is 5.81. The van der Waals surface area contributed by atoms with Gasteiger partial charge in [-0.2, -0.15) is 0 Å². The molecule has 28 heavy (non-hydrogen) atoms. The number of amides is 1. The Morgan fingerprint density at radius 3 is 2.00 bits per heavy atom. The quantitative estimate of drug-likeness (QED) is 0.613. The molecule has 0 radical (unpaired) electrons. The summed E-state index contributed by atoms with van der Waals surface area (Å²) in [5.74, 6) is 0.920. The minimum absolute atomic E-state index is 0.164. The zero-order chi connectivity index (χ0) is 19.2. The first-order chi connectivity index (χ1) is 13.8. The summed E-state index contributed by atoms with van der Waals surface area (Å²) in [5.41, 5.74) is 2.61. The molecule has 1 saturated heterocycles. The van der Waals surface area contributed by atoms with Crippen molar-refractivity contribution in [3.63, 3.8) is 0 Å². The molecule has 1 fully saturated rings. The van der Waals surface area contributed by atoms with Gasteiger partial charge in [0.05, 0.1) is 0 Å². The molecule has 2 aromatic carbocycles. The third-order valence-electron chi connectivity index (χ3n) is 5.84. The first kappa shape index (κ1) is 18.5. The average Bonchev–Trinajstić information content (AvgIpc) is 3.28. The van der Waals surface area contributed by atoms with E-state index < -0.39 is 0 Å². The zero-order valence-corrected chi connectivity index (χ0v) is 16.3. The standard InChI is InChI=1S/C25H28N2O/c28-25(24(26-15-7-8-16-26)20-22-11-5-2-6-12-22)27-17-13-23(14-18-27)19-21-9-3-1-4-10-21/h1-12,15-16,23-24H,13-14,17-20H2. The summed E-state index contributed by atoms with van der Waals surface area (Å²) >= 11 is 0. The molecule has 2 heterocycles. The van der Waals surface area contributed by atoms with Gasteiger partial charge in [-0.25, -0.2) is 0 Å². The number of hydrogen-bond acceptors (Lipinski definition) is 1. The first-order valence-corrected chi connectivity index (χ1v) is 10.3. The van der Waals surface area contributed by atoms with Crippen molar-refractivity contribution in [2.24, 2.45) is 5.92 Å². The van der Waals surface area contributed by atoms with Crippen LogP contribution in [-0.4, -0.2) is 28.5 Å². The van der Waals surface area contributed by atoms with Crippen LogP contribution in [0.4, 0.5) is 0 Å². The smallest absolute Gasteiger partial charge is 0.245 e. The molecule has 3 heteroatoms. The lowest BCUT2D eigenvalue weighted by molar-refractivity contribution is -0.136. The summed E-state index contributed by atoms with van der Waals surface area (Å²) in [4.78, 5) is 15.4. The van der Waals surface area contributed by atoms with Crippen LogP contribution in [0.1, 0.15) is 30.0 Å². The fraction of sp³-hybridized carbons (Fsp3) is 0.320. The molecule has 0 aliphatic carbocycles. The van der Waals surface area contributed by atoms with Gasteiger partial charge in [0.1, 0.15) is 6.04 Å². The zero-order valence-electron chi connectivity index (χ0n) is 16.3. The van der Waals surface area contributed by atoms with E-state index in [0.717, 1.165) is 38.8 Å². The van der Waals surface area contributed by atoms with Gasteiger partial charge in [-0.3, -0.25) is 4.79 Å². The molecule has 1 aliphatic heterocycles. The number of nitrogens with zero attached hydrogens (tertiary/aromatic N) is 2. The maximum absolute atomic E-state index is 13.4. The molecule has 3 aromatic rings. The van der Waals surface area contributed by atoms with E-state index in [1.54, 1.807) is 0 Å². The molecule has 0 spiro atoms. The summed E-state index contributed by atoms with van der Waals surface area (Å²) in [6.07, 6.45) is 8.04. The van der Waals surface area contributed by atoms with E-state index in [4.69, 9.17) is 0 Å². The van der Waals surface area contributed by atoms with Gasteiger partial charge >= 0.3 is 0 Å². The summed E-state index contributed by atoms with van der Waals surface area (Å²) in [7, 11) is 0. The lowest BCUT2D eigenvalue weighted by Crippen LogP contribution is -2.43. The summed E-state index contributed by atoms with van der Waals surface area (Å²) in [6, 6.07) is 24.9. The minimum atomic E-state index is -0.164. The van der Waals surface area contributed by atoms with Gasteiger partial charge in [-0.1, -0.05) is 60.7 Å². The summed E-state index contributed by atoms with van der Waals surface area (Å²) in [5, 5.41) is 0. The van der Waals surface area contributed by atoms with Gasteiger partial charge in [-0.15, -0.1) is 0 Å². The maximum Gasteiger partial charge on any atom is 0.245 e. The van der Waals surface area contributed by atoms with E-state index in [1.807, 2.05) is 42.7 Å². The monoisotopic (exact) mass is 372 g/mol. The summed E-state index contributed by atoms with van der Waals surface area (Å²) < 4.78 is 2.06. The molecule has 1 aliphatic rings. The molecule has 3 nitrogen and oxygen atoms in total. The predicted molar refractivity (Wildman–Crippen MR) is 113 cm³/mol. The number of piperidine rings is 1. The van der Waals surface area contributed by atoms with Crippen LogP contribution in [0.2, 0.25) is 0 Å². The van der Waals surface area contributed by atoms with Gasteiger partial charge in [0.2, 0.25) is 5.91 Å². The molecule has 144 valence electrons. The number of carbonyl (C=O) groups excluding carboxylic acids is 1. The number of rotatable bonds is 6. The van der Waals surface area contributed by atoms with E-state index in [-0.39, 0.29) is 11.9 Å². The lowest BCUT2D eigenvalue weighted by atomic mass is 9.90. The van der Waals surface area contributed by atoms with Crippen molar-refractivity contribution < 1.29 is 4.79 Å². The largest absolute Gasteiger partial charge is 0.342 e. The van der Waals surface area contributed by atoms with Gasteiger partial charge in [0.15, 0.2) is 0 Å². The van der Waals surface area contributed by atoms with E-state index in [0.29, 0.717) is 5.92 Å². The highest BCUT2D eigenvalue weighted by atomic mass is 16.2. The highest BCUT2D eigenvalue weighted by Gasteiger charge is 2.29. The fourth-order valence-corrected chi connectivity index (χ4v) is 4.23. The van der Waals surface area contributed by atoms with Gasteiger partial charge in [0.25, 0.3) is 0 Å². The molecular weight excluding hydrogens is 344 g/mol. The van der Waals surface area contributed by atoms with Gasteiger partial charge in [-0.05, 0) is 48.4 Å². The van der Waals surface area contributed by atoms with Crippen LogP contribution < -0.4 is 0 Å². The molecule has 0 bridgehead atoms. The minimum Gasteiger partial charge on any atom is -0.342 e. The second-order valence-corrected chi connectivity index (χ2v) is 7.79. The van der Waals surface area contributed by atoms with Crippen LogP contribution in [0.25, 0.3) is 0 Å². The Morgan fingerprint density at radius 1 is 0.821 bits per heavy atom. The van der Waals surface area contributed by atoms with Crippen LogP contribution in [0, 0.1) is 5.92 Å². The maximum atomic E-state index is 13.4. The Kier molecular flexibility index (Phi) is 5.91. The van der Waals surface area contributed by atoms with Gasteiger partial charge < -0.3 is 9.47 Å². The average molecular weight is 373 g/mol. The Bertz CT molecular complexity index is 850. The molecule has 1 atom stereocenters. The van der Waals surface area contributed by atoms with Crippen LogP contribution in [0.3, 0.4) is 0 Å². The highest BCUT2D eigenvalue weighted by Crippen LogP contribution is 2.25. The number of aromatic nitrogens is 1. The number of likely N-dealkylation sites (tertiary alicyclic amines) is 1. The SMILES string of the molecule is O=C(C(Cc1ccccc1)n1cccc1)N1CCC(Cc2ccccc2)CC1. The Hall–Kier alpha value is -2.81. The molecule has 1 aromatic heterocycles. The van der Waals surface area contributed by atoms with E-state index in [1.165, 1.54) is 11.1 Å². The third-order valence-corrected chi connectivity index (χ3v) is 5.84. The normalized spacial score (nSPS) is 16.1. The molecule has 1 amide bonds. The molecule has 0 saturated carbocycles.